The maximum Gasteiger partial charge on any atom is 0.259 e. The molecule has 8 aliphatic rings. The summed E-state index contributed by atoms with van der Waals surface area (Å²) in [4.78, 5) is 173. The monoisotopic (exact) mass is 1980 g/mol. The number of hydrogen-bond donors (Lipinski definition) is 8. The van der Waals surface area contributed by atoms with Crippen LogP contribution in [-0.4, -0.2) is 183 Å². The molecule has 0 aromatic carbocycles. The second-order valence-corrected chi connectivity index (χ2v) is 29.1. The largest absolute Gasteiger partial charge is 0.318 e. The van der Waals surface area contributed by atoms with Crippen molar-refractivity contribution in [2.24, 2.45) is 0 Å². The molecule has 0 spiro atoms. The number of fused-ring (bicyclic) bond motifs is 16. The van der Waals surface area contributed by atoms with E-state index in [1.165, 1.54) is 110 Å². The molecule has 0 atom stereocenters. The Morgan fingerprint density at radius 1 is 0.194 bits per heavy atom. The Labute approximate surface area is 911 Å². The third-order valence-electron chi connectivity index (χ3n) is 20.6. The van der Waals surface area contributed by atoms with Gasteiger partial charge in [-0.25, -0.2) is 79.7 Å². The highest BCUT2D eigenvalue weighted by Crippen LogP contribution is 2.44. The lowest BCUT2D eigenvalue weighted by molar-refractivity contribution is 0.101. The summed E-state index contributed by atoms with van der Waals surface area (Å²) in [5.41, 5.74) is -7.99. The van der Waals surface area contributed by atoms with Crippen LogP contribution < -0.4 is 81.7 Å². The molecule has 24 rings (SSSR count). The summed E-state index contributed by atoms with van der Waals surface area (Å²) in [6.07, 6.45) is -1.55. The molecular formula is C104H96N32O8. The van der Waals surface area contributed by atoms with Gasteiger partial charge in [0.2, 0.25) is 0 Å². The second kappa shape index (κ2) is 41.1. The second-order valence-electron chi connectivity index (χ2n) is 29.1. The lowest BCUT2D eigenvalue weighted by atomic mass is 10.2. The normalized spacial score (nSPS) is 20.4. The van der Waals surface area contributed by atoms with E-state index in [4.69, 9.17) is 82.4 Å². The molecule has 8 N–H and O–H groups in total. The number of carbonyl (C=O) groups is 8. The minimum atomic E-state index is -2.92. The van der Waals surface area contributed by atoms with Gasteiger partial charge in [0, 0.05) is 188 Å². The molecule has 40 nitrogen and oxygen atoms in total. The summed E-state index contributed by atoms with van der Waals surface area (Å²) in [5.74, 6) is -9.41. The van der Waals surface area contributed by atoms with Crippen LogP contribution >= 0.6 is 0 Å². The molecule has 0 aliphatic carbocycles. The number of amides is 8. The molecule has 0 unspecified atom stereocenters. The number of nitrogens with zero attached hydrogens (tertiary/aromatic N) is 24. The molecular weight excluding hydrogens is 1830 g/mol. The van der Waals surface area contributed by atoms with Gasteiger partial charge in [0.25, 0.3) is 47.3 Å². The number of nitrogens with one attached hydrogen (secondary N) is 8. The predicted octanol–water partition coefficient (Wildman–Crippen LogP) is 16.9. The van der Waals surface area contributed by atoms with Crippen LogP contribution in [0, 0.1) is 54.8 Å². The van der Waals surface area contributed by atoms with Gasteiger partial charge in [0.15, 0.2) is 52.2 Å². The highest BCUT2D eigenvalue weighted by Gasteiger charge is 2.35. The first kappa shape index (κ1) is 47.3. The van der Waals surface area contributed by atoms with Crippen LogP contribution in [0.15, 0.2) is 244 Å². The summed E-state index contributed by atoms with van der Waals surface area (Å²) < 4.78 is 465. The van der Waals surface area contributed by atoms with E-state index in [1.807, 2.05) is 0 Å². The number of anilines is 24. The van der Waals surface area contributed by atoms with Crippen LogP contribution in [0.5, 0.6) is 0 Å². The summed E-state index contributed by atoms with van der Waals surface area (Å²) >= 11 is 0. The summed E-state index contributed by atoms with van der Waals surface area (Å²) in [7, 11) is 11.3. The van der Waals surface area contributed by atoms with Crippen LogP contribution in [0.3, 0.4) is 0 Å². The molecule has 0 bridgehead atoms. The van der Waals surface area contributed by atoms with Crippen molar-refractivity contribution in [3.05, 3.63) is 333 Å². The Bertz CT molecular complexity index is 11100. The standard InChI is InChI=1S/8C13H12N4O/c8*1-8-5-7-15-12-10(8)16-13(18)9-4-3-6-14-11(9)17(12)2/h8*3-7H,1-2H3,(H,16,18)/i2*1D3,3D,4D,5D,6D,7D;2*1D3,3D,4D,6D,7D;2*1D3,3D,4D,5D,6D;2*1D3,3D,4D,6D/hD4. The van der Waals surface area contributed by atoms with Crippen molar-refractivity contribution in [3.63, 3.8) is 0 Å². The lowest BCUT2D eigenvalue weighted by Crippen LogP contribution is -2.14. The van der Waals surface area contributed by atoms with Gasteiger partial charge in [-0.3, -0.25) is 38.4 Å². The van der Waals surface area contributed by atoms with Crippen molar-refractivity contribution in [2.45, 2.75) is 54.8 Å². The summed E-state index contributed by atoms with van der Waals surface area (Å²) in [6.45, 7) is -21.6. The van der Waals surface area contributed by atoms with Crippen LogP contribution in [0.4, 0.5) is 139 Å². The Kier molecular flexibility index (Phi) is 13.5. The van der Waals surface area contributed by atoms with Gasteiger partial charge in [0.1, 0.15) is 46.5 Å². The quantitative estimate of drug-likeness (QED) is 0.0699. The molecule has 8 amide bonds. The van der Waals surface area contributed by atoms with Crippen LogP contribution in [0.1, 0.15) is 204 Å². The molecule has 0 radical (unpaired) electrons. The number of carbonyl (C=O) groups excluding carboxylic acids is 8. The average molecular weight is 1980 g/mol. The van der Waals surface area contributed by atoms with E-state index in [0.717, 1.165) is 34.3 Å². The molecule has 720 valence electrons. The lowest BCUT2D eigenvalue weighted by Gasteiger charge is -2.18. The first-order valence-corrected chi connectivity index (χ1v) is 40.3. The van der Waals surface area contributed by atoms with E-state index in [-0.39, 0.29) is 212 Å². The first-order valence-electron chi connectivity index (χ1n) is 70.1. The van der Waals surface area contributed by atoms with E-state index < -0.39 is 329 Å². The minimum absolute atomic E-state index is 0.000427. The van der Waals surface area contributed by atoms with Crippen LogP contribution in [-0.2, 0) is 0 Å². The highest BCUT2D eigenvalue weighted by molar-refractivity contribution is 6.18. The number of pyridine rings is 16. The van der Waals surface area contributed by atoms with E-state index in [2.05, 4.69) is 101 Å². The maximum absolute atomic E-state index is 12.8. The smallest absolute Gasteiger partial charge is 0.259 e. The molecule has 0 fully saturated rings. The first-order chi connectivity index (χ1) is 94.0. The Balaban J connectivity index is 0.000000151. The topological polar surface area (TPSA) is 465 Å². The zero-order chi connectivity index (χ0) is 153. The molecule has 0 saturated carbocycles. The third kappa shape index (κ3) is 19.0. The predicted molar refractivity (Wildman–Crippen MR) is 554 cm³/mol. The molecule has 144 heavy (non-hydrogen) atoms. The van der Waals surface area contributed by atoms with Gasteiger partial charge in [0.05, 0.1) is 134 Å². The van der Waals surface area contributed by atoms with Gasteiger partial charge in [-0.05, 0) is 244 Å². The Morgan fingerprint density at radius 3 is 0.653 bits per heavy atom. The highest BCUT2D eigenvalue weighted by atomic mass is 16.2. The zero-order valence-corrected chi connectivity index (χ0v) is 74.4. The van der Waals surface area contributed by atoms with Crippen molar-refractivity contribution in [1.29, 1.82) is 0 Å². The van der Waals surface area contributed by atoms with Crippen molar-refractivity contribution in [3.8, 4) is 0 Å². The molecule has 40 heteroatoms. The van der Waals surface area contributed by atoms with E-state index in [1.54, 1.807) is 0 Å². The fourth-order valence-electron chi connectivity index (χ4n) is 13.7. The van der Waals surface area contributed by atoms with Crippen molar-refractivity contribution in [1.82, 2.24) is 79.7 Å². The molecule has 8 aliphatic heterocycles. The van der Waals surface area contributed by atoms with Crippen molar-refractivity contribution in [2.75, 3.05) is 138 Å². The summed E-state index contributed by atoms with van der Waals surface area (Å²) in [5, 5.41) is 10.7. The number of aryl methyl sites for hydroxylation is 4. The summed E-state index contributed by atoms with van der Waals surface area (Å²) in [6, 6.07) is -6.50. The minimum Gasteiger partial charge on any atom is -0.318 e. The fraction of sp³-hybridized carbons (Fsp3) is 0.154. The Hall–Kier alpha value is -19.4. The zero-order valence-electron chi connectivity index (χ0n) is 134. The third-order valence-corrected chi connectivity index (χ3v) is 20.6. The molecule has 16 aromatic rings. The van der Waals surface area contributed by atoms with Crippen LogP contribution in [0.25, 0.3) is 0 Å². The molecule has 24 heterocycles. The van der Waals surface area contributed by atoms with Gasteiger partial charge in [-0.15, -0.1) is 0 Å². The Morgan fingerprint density at radius 2 is 0.375 bits per heavy atom. The van der Waals surface area contributed by atoms with E-state index in [0.29, 0.717) is 5.31 Å². The number of aromatic nitrogens is 16. The SMILES string of the molecule is [2H]c1cc(C([2H])([2H])[2H])c2c(n1)N(C)c1nc([2H])c([2H])c([2H])c1C(=O)N2.[2H]c1cc(C([2H])([2H])[2H])c2c(n1)N(C)c1nc([2H])c([2H])c([2H])c1C(=O)N2[2H].[2H]c1cnc2c(c1C([2H])([2H])[2H])N([2H])C(=O)c1c(nc([2H])c([2H])c1[2H])N2C.[2H]c1cnc2c(c1C([2H])([2H])[2H])NC(=O)c1c(nc([2H])c([2H])c1[2H])N2C.[2H]c1nc2c(c([2H])c1[2H])C(=O)N([2H])c1c(C([2H])([2H])[2H])ccnc1N2C.[2H]c1nc2c(c([2H])c1[2H])C(=O)N([2H])c1c(nc([2H])c([2H])c1C([2H])([2H])[2H])N2C.[2H]c1nc2c(c([2H])c1[2H])C(=O)Nc1c(C([2H])([2H])[2H])ccnc1N2C.[2H]c1nc2c(c([2H])c1[2H])C(=O)Nc1c(nc([2H])c([2H])c1C([2H])([2H])[2H])N2C. The van der Waals surface area contributed by atoms with E-state index in [9.17, 15) is 38.4 Å². The molecule has 0 saturated heterocycles. The van der Waals surface area contributed by atoms with Crippen molar-refractivity contribution >= 4 is 186 Å². The van der Waals surface area contributed by atoms with E-state index >= 15 is 0 Å². The van der Waals surface area contributed by atoms with Gasteiger partial charge in [-0.1, -0.05) is 0 Å². The molecule has 16 aromatic heterocycles. The maximum atomic E-state index is 12.8. The number of rotatable bonds is 0. The van der Waals surface area contributed by atoms with Gasteiger partial charge >= 0.3 is 0 Å². The number of hydrogen-bond acceptors (Lipinski definition) is 32. The average Bonchev–Trinajstić information content (AvgIpc) is 1.57. The fourth-order valence-corrected chi connectivity index (χ4v) is 13.7. The van der Waals surface area contributed by atoms with Gasteiger partial charge in [-0.2, -0.15) is 0 Å². The van der Waals surface area contributed by atoms with Gasteiger partial charge < -0.3 is 81.7 Å². The van der Waals surface area contributed by atoms with Crippen LogP contribution in [0.2, 0.25) is 5.65 Å². The van der Waals surface area contributed by atoms with Crippen molar-refractivity contribution < 1.29 is 121 Å².